The zero-order chi connectivity index (χ0) is 13.2. The number of aliphatic hydroxyl groups is 1. The average molecular weight is 241 g/mol. The monoisotopic (exact) mass is 241 g/mol. The highest BCUT2D eigenvalue weighted by Gasteiger charge is 2.54. The van der Waals surface area contributed by atoms with Crippen LogP contribution in [-0.2, 0) is 4.74 Å². The third-order valence-electron chi connectivity index (χ3n) is 3.71. The van der Waals surface area contributed by atoms with Crippen molar-refractivity contribution in [2.75, 3.05) is 7.05 Å². The Labute approximate surface area is 105 Å². The summed E-state index contributed by atoms with van der Waals surface area (Å²) in [6, 6.07) is 0. The van der Waals surface area contributed by atoms with Gasteiger partial charge in [-0.25, -0.2) is 0 Å². The number of ether oxygens (including phenoxy) is 1. The van der Waals surface area contributed by atoms with Gasteiger partial charge in [0.1, 0.15) is 6.10 Å². The minimum Gasteiger partial charge on any atom is -0.388 e. The van der Waals surface area contributed by atoms with Gasteiger partial charge in [0, 0.05) is 0 Å². The molecule has 4 atom stereocenters. The highest BCUT2D eigenvalue weighted by Crippen LogP contribution is 2.38. The van der Waals surface area contributed by atoms with Crippen molar-refractivity contribution in [3.05, 3.63) is 12.7 Å². The Morgan fingerprint density at radius 1 is 1.41 bits per heavy atom. The third-order valence-corrected chi connectivity index (χ3v) is 3.71. The summed E-state index contributed by atoms with van der Waals surface area (Å²) in [6.45, 7) is 12.4. The number of aliphatic hydroxyl groups excluding tert-OH is 1. The first-order chi connectivity index (χ1) is 7.89. The van der Waals surface area contributed by atoms with Gasteiger partial charge >= 0.3 is 0 Å². The fourth-order valence-corrected chi connectivity index (χ4v) is 2.84. The van der Waals surface area contributed by atoms with E-state index in [-0.39, 0.29) is 12.2 Å². The average Bonchev–Trinajstić information content (AvgIpc) is 2.53. The molecule has 0 aromatic heterocycles. The summed E-state index contributed by atoms with van der Waals surface area (Å²) in [5.41, 5.74) is -0.520. The molecule has 0 amide bonds. The van der Waals surface area contributed by atoms with E-state index in [0.29, 0.717) is 11.8 Å². The molecule has 0 bridgehead atoms. The second-order valence-electron chi connectivity index (χ2n) is 5.80. The van der Waals surface area contributed by atoms with Gasteiger partial charge in [0.25, 0.3) is 0 Å². The van der Waals surface area contributed by atoms with E-state index in [9.17, 15) is 5.11 Å². The molecular formula is C14H27NO2. The van der Waals surface area contributed by atoms with Gasteiger partial charge in [0.15, 0.2) is 0 Å². The number of hydrogen-bond donors (Lipinski definition) is 2. The summed E-state index contributed by atoms with van der Waals surface area (Å²) in [5.74, 6) is 0.854. The molecule has 1 heterocycles. The van der Waals surface area contributed by atoms with Crippen molar-refractivity contribution >= 4 is 0 Å². The van der Waals surface area contributed by atoms with Crippen LogP contribution in [0.3, 0.4) is 0 Å². The predicted molar refractivity (Wildman–Crippen MR) is 70.9 cm³/mol. The van der Waals surface area contributed by atoms with Crippen molar-refractivity contribution in [1.29, 1.82) is 0 Å². The van der Waals surface area contributed by atoms with E-state index in [1.807, 2.05) is 13.1 Å². The highest BCUT2D eigenvalue weighted by atomic mass is 16.5. The molecule has 0 unspecified atom stereocenters. The Kier molecular flexibility index (Phi) is 4.76. The van der Waals surface area contributed by atoms with Crippen molar-refractivity contribution in [2.24, 2.45) is 11.8 Å². The maximum Gasteiger partial charge on any atom is 0.104 e. The molecule has 0 aromatic carbocycles. The fraction of sp³-hybridized carbons (Fsp3) is 0.857. The number of hydrogen-bond acceptors (Lipinski definition) is 3. The predicted octanol–water partition coefficient (Wildman–Crippen LogP) is 1.96. The van der Waals surface area contributed by atoms with Crippen LogP contribution in [-0.4, -0.2) is 36.0 Å². The molecule has 0 saturated carbocycles. The Bertz CT molecular complexity index is 265. The van der Waals surface area contributed by atoms with E-state index in [1.165, 1.54) is 0 Å². The van der Waals surface area contributed by atoms with E-state index in [2.05, 4.69) is 39.6 Å². The Balaban J connectivity index is 2.96. The first-order valence-corrected chi connectivity index (χ1v) is 6.55. The standard InChI is InChI=1S/C14H27NO2/c1-7-14(15-6)12(16)11(8-9(2)3)17-13(14)10(4)5/h7,9-13,15-16H,1,8H2,2-6H3/t11-,12-,13+,14-/m1/s1. The first-order valence-electron chi connectivity index (χ1n) is 6.55. The summed E-state index contributed by atoms with van der Waals surface area (Å²) in [6.07, 6.45) is 2.03. The molecule has 1 rings (SSSR count). The largest absolute Gasteiger partial charge is 0.388 e. The van der Waals surface area contributed by atoms with E-state index in [0.717, 1.165) is 6.42 Å². The van der Waals surface area contributed by atoms with Crippen LogP contribution in [0.1, 0.15) is 34.1 Å². The van der Waals surface area contributed by atoms with Crippen LogP contribution in [0.5, 0.6) is 0 Å². The zero-order valence-electron chi connectivity index (χ0n) is 11.7. The minimum absolute atomic E-state index is 0.0243. The molecule has 0 aliphatic carbocycles. The number of likely N-dealkylation sites (N-methyl/N-ethyl adjacent to an activating group) is 1. The Hall–Kier alpha value is -0.380. The van der Waals surface area contributed by atoms with Gasteiger partial charge < -0.3 is 15.2 Å². The molecule has 1 aliphatic rings. The lowest BCUT2D eigenvalue weighted by Gasteiger charge is -2.35. The first kappa shape index (κ1) is 14.7. The number of nitrogens with one attached hydrogen (secondary N) is 1. The van der Waals surface area contributed by atoms with Crippen molar-refractivity contribution in [3.8, 4) is 0 Å². The molecule has 100 valence electrons. The maximum atomic E-state index is 10.5. The smallest absolute Gasteiger partial charge is 0.104 e. The van der Waals surface area contributed by atoms with Crippen LogP contribution in [0, 0.1) is 11.8 Å². The summed E-state index contributed by atoms with van der Waals surface area (Å²) in [5, 5.41) is 13.7. The van der Waals surface area contributed by atoms with Gasteiger partial charge in [0.2, 0.25) is 0 Å². The van der Waals surface area contributed by atoms with Gasteiger partial charge in [-0.15, -0.1) is 6.58 Å². The van der Waals surface area contributed by atoms with Crippen LogP contribution in [0.25, 0.3) is 0 Å². The van der Waals surface area contributed by atoms with Gasteiger partial charge in [-0.3, -0.25) is 0 Å². The SMILES string of the molecule is C=C[C@@]1(NC)[C@H](O)[C@@H](CC(C)C)O[C@H]1C(C)C. The Morgan fingerprint density at radius 3 is 2.29 bits per heavy atom. The molecule has 0 radical (unpaired) electrons. The van der Waals surface area contributed by atoms with Crippen LogP contribution in [0.4, 0.5) is 0 Å². The summed E-state index contributed by atoms with van der Waals surface area (Å²) < 4.78 is 6.06. The molecular weight excluding hydrogens is 214 g/mol. The van der Waals surface area contributed by atoms with Crippen LogP contribution < -0.4 is 5.32 Å². The number of rotatable bonds is 5. The molecule has 1 saturated heterocycles. The molecule has 0 spiro atoms. The van der Waals surface area contributed by atoms with Crippen molar-refractivity contribution in [2.45, 2.75) is 58.0 Å². The second kappa shape index (κ2) is 5.51. The van der Waals surface area contributed by atoms with E-state index < -0.39 is 11.6 Å². The quantitative estimate of drug-likeness (QED) is 0.723. The van der Waals surface area contributed by atoms with Crippen LogP contribution in [0.15, 0.2) is 12.7 Å². The lowest BCUT2D eigenvalue weighted by atomic mass is 9.81. The highest BCUT2D eigenvalue weighted by molar-refractivity contribution is 5.18. The van der Waals surface area contributed by atoms with Crippen LogP contribution in [0.2, 0.25) is 0 Å². The Morgan fingerprint density at radius 2 is 2.00 bits per heavy atom. The lowest BCUT2D eigenvalue weighted by molar-refractivity contribution is -0.0173. The van der Waals surface area contributed by atoms with E-state index in [1.54, 1.807) is 0 Å². The summed E-state index contributed by atoms with van der Waals surface area (Å²) in [7, 11) is 1.86. The van der Waals surface area contributed by atoms with Gasteiger partial charge in [-0.1, -0.05) is 33.8 Å². The van der Waals surface area contributed by atoms with E-state index >= 15 is 0 Å². The summed E-state index contributed by atoms with van der Waals surface area (Å²) >= 11 is 0. The third kappa shape index (κ3) is 2.56. The summed E-state index contributed by atoms with van der Waals surface area (Å²) in [4.78, 5) is 0. The molecule has 3 heteroatoms. The fourth-order valence-electron chi connectivity index (χ4n) is 2.84. The van der Waals surface area contributed by atoms with E-state index in [4.69, 9.17) is 4.74 Å². The van der Waals surface area contributed by atoms with Gasteiger partial charge in [-0.2, -0.15) is 0 Å². The molecule has 1 aliphatic heterocycles. The topological polar surface area (TPSA) is 41.5 Å². The maximum absolute atomic E-state index is 10.5. The molecule has 1 fully saturated rings. The molecule has 0 aromatic rings. The lowest BCUT2D eigenvalue weighted by Crippen LogP contribution is -2.57. The van der Waals surface area contributed by atoms with Crippen molar-refractivity contribution in [3.63, 3.8) is 0 Å². The molecule has 2 N–H and O–H groups in total. The second-order valence-corrected chi connectivity index (χ2v) is 5.80. The normalized spacial score (nSPS) is 38.0. The minimum atomic E-state index is -0.528. The molecule has 3 nitrogen and oxygen atoms in total. The van der Waals surface area contributed by atoms with Gasteiger partial charge in [-0.05, 0) is 25.3 Å². The van der Waals surface area contributed by atoms with Crippen molar-refractivity contribution in [1.82, 2.24) is 5.32 Å². The molecule has 17 heavy (non-hydrogen) atoms. The van der Waals surface area contributed by atoms with Crippen molar-refractivity contribution < 1.29 is 9.84 Å². The van der Waals surface area contributed by atoms with Crippen LogP contribution >= 0.6 is 0 Å². The zero-order valence-corrected chi connectivity index (χ0v) is 11.7. The van der Waals surface area contributed by atoms with Gasteiger partial charge in [0.05, 0.1) is 17.7 Å².